The smallest absolute Gasteiger partial charge is 0.0125 e. The van der Waals surface area contributed by atoms with E-state index in [9.17, 15) is 0 Å². The molecule has 0 saturated heterocycles. The Hall–Kier alpha value is -0.780. The Balaban J connectivity index is 0.000000343. The molecule has 3 aliphatic carbocycles. The Morgan fingerprint density at radius 3 is 2.07 bits per heavy atom. The van der Waals surface area contributed by atoms with Gasteiger partial charge < -0.3 is 0 Å². The van der Waals surface area contributed by atoms with Gasteiger partial charge in [-0.15, -0.1) is 0 Å². The van der Waals surface area contributed by atoms with Crippen LogP contribution < -0.4 is 0 Å². The summed E-state index contributed by atoms with van der Waals surface area (Å²) in [5.41, 5.74) is 6.55. The van der Waals surface area contributed by atoms with Crippen LogP contribution in [0.1, 0.15) is 194 Å². The highest BCUT2D eigenvalue weighted by atomic mass is 14.6. The molecule has 0 nitrogen and oxygen atoms in total. The molecule has 0 heteroatoms. The first-order valence-corrected chi connectivity index (χ1v) is 19.0. The molecule has 2 fully saturated rings. The standard InChI is InChI=1S/C30H48.C12H26/c1-5-6-7-8-9-10-11-12-13-24-21-25-20-22(2)14-16-26(25)27-18-19-30(4)23(3)15-17-28(30)29(24)27;1-7-9-10-12(5,6)11(3,4)8-2/h14,16,20,23-24,27-29H,5-13,15,17-19,21H2,1-4H3;7-10H2,1-6H3/t23?,24-,27?,28?,29?,30?;/m1./s1. The predicted molar refractivity (Wildman–Crippen MR) is 188 cm³/mol. The van der Waals surface area contributed by atoms with Crippen LogP contribution in [0.4, 0.5) is 0 Å². The van der Waals surface area contributed by atoms with Crippen molar-refractivity contribution in [3.8, 4) is 0 Å². The van der Waals surface area contributed by atoms with Crippen LogP contribution in [-0.2, 0) is 6.42 Å². The highest BCUT2D eigenvalue weighted by Gasteiger charge is 2.55. The first-order chi connectivity index (χ1) is 19.9. The van der Waals surface area contributed by atoms with Crippen LogP contribution in [0.5, 0.6) is 0 Å². The van der Waals surface area contributed by atoms with E-state index in [0.29, 0.717) is 16.2 Å². The van der Waals surface area contributed by atoms with Gasteiger partial charge in [-0.3, -0.25) is 0 Å². The number of unbranched alkanes of at least 4 members (excludes halogenated alkanes) is 8. The fourth-order valence-electron chi connectivity index (χ4n) is 9.44. The van der Waals surface area contributed by atoms with Crippen molar-refractivity contribution >= 4 is 0 Å². The van der Waals surface area contributed by atoms with E-state index in [-0.39, 0.29) is 0 Å². The Morgan fingerprint density at radius 1 is 0.786 bits per heavy atom. The van der Waals surface area contributed by atoms with Crippen molar-refractivity contribution in [1.29, 1.82) is 0 Å². The third kappa shape index (κ3) is 8.47. The lowest BCUT2D eigenvalue weighted by Crippen LogP contribution is -2.45. The monoisotopic (exact) mass is 579 g/mol. The minimum Gasteiger partial charge on any atom is -0.0654 e. The van der Waals surface area contributed by atoms with Gasteiger partial charge in [0, 0.05) is 0 Å². The second-order valence-corrected chi connectivity index (χ2v) is 17.0. The van der Waals surface area contributed by atoms with Gasteiger partial charge in [-0.1, -0.05) is 157 Å². The second kappa shape index (κ2) is 16.0. The number of benzene rings is 1. The number of fused-ring (bicyclic) bond motifs is 5. The maximum atomic E-state index is 2.67. The molecule has 0 N–H and O–H groups in total. The van der Waals surface area contributed by atoms with Crippen LogP contribution >= 0.6 is 0 Å². The van der Waals surface area contributed by atoms with E-state index in [1.54, 1.807) is 11.1 Å². The van der Waals surface area contributed by atoms with Gasteiger partial charge in [0.2, 0.25) is 0 Å². The summed E-state index contributed by atoms with van der Waals surface area (Å²) in [6.45, 7) is 24.0. The molecule has 0 heterocycles. The van der Waals surface area contributed by atoms with Gasteiger partial charge in [0.15, 0.2) is 0 Å². The minimum absolute atomic E-state index is 0.488. The van der Waals surface area contributed by atoms with Crippen molar-refractivity contribution in [2.45, 2.75) is 191 Å². The molecule has 0 amide bonds. The fourth-order valence-corrected chi connectivity index (χ4v) is 9.44. The molecule has 42 heavy (non-hydrogen) atoms. The van der Waals surface area contributed by atoms with Crippen molar-refractivity contribution in [3.05, 3.63) is 34.9 Å². The van der Waals surface area contributed by atoms with Crippen molar-refractivity contribution in [2.75, 3.05) is 0 Å². The average molecular weight is 579 g/mol. The van der Waals surface area contributed by atoms with Crippen molar-refractivity contribution in [3.63, 3.8) is 0 Å². The van der Waals surface area contributed by atoms with Crippen LogP contribution in [0, 0.1) is 46.8 Å². The number of hydrogen-bond acceptors (Lipinski definition) is 0. The first kappa shape index (κ1) is 35.7. The summed E-state index contributed by atoms with van der Waals surface area (Å²) in [4.78, 5) is 0. The lowest BCUT2D eigenvalue weighted by atomic mass is 9.51. The Kier molecular flexibility index (Phi) is 13.6. The SMILES string of the molecule is CCCCC(C)(C)C(C)(C)CC.CCCCCCCCCC[C@@H]1Cc2cc(C)ccc2C2CCC3(C)C(C)CCC3C21. The van der Waals surface area contributed by atoms with Crippen molar-refractivity contribution in [2.24, 2.45) is 39.9 Å². The molecule has 6 atom stereocenters. The normalized spacial score (nSPS) is 28.9. The lowest BCUT2D eigenvalue weighted by molar-refractivity contribution is 0.00273. The van der Waals surface area contributed by atoms with E-state index in [1.165, 1.54) is 121 Å². The maximum absolute atomic E-state index is 2.67. The molecule has 0 aromatic heterocycles. The van der Waals surface area contributed by atoms with Gasteiger partial charge in [-0.05, 0) is 109 Å². The molecule has 5 unspecified atom stereocenters. The summed E-state index contributed by atoms with van der Waals surface area (Å²) < 4.78 is 0. The molecular weight excluding hydrogens is 504 g/mol. The summed E-state index contributed by atoms with van der Waals surface area (Å²) in [5.74, 6) is 4.69. The molecule has 1 aromatic carbocycles. The van der Waals surface area contributed by atoms with Gasteiger partial charge in [-0.25, -0.2) is 0 Å². The van der Waals surface area contributed by atoms with Crippen LogP contribution in [-0.4, -0.2) is 0 Å². The Morgan fingerprint density at radius 2 is 1.43 bits per heavy atom. The van der Waals surface area contributed by atoms with Gasteiger partial charge in [0.05, 0.1) is 0 Å². The van der Waals surface area contributed by atoms with E-state index in [4.69, 9.17) is 0 Å². The topological polar surface area (TPSA) is 0 Å². The van der Waals surface area contributed by atoms with Gasteiger partial charge >= 0.3 is 0 Å². The lowest BCUT2D eigenvalue weighted by Gasteiger charge is -2.53. The highest BCUT2D eigenvalue weighted by Crippen LogP contribution is 2.64. The molecule has 0 bridgehead atoms. The average Bonchev–Trinajstić information content (AvgIpc) is 3.27. The molecule has 1 aromatic rings. The second-order valence-electron chi connectivity index (χ2n) is 17.0. The molecular formula is C42H74. The van der Waals surface area contributed by atoms with E-state index >= 15 is 0 Å². The number of rotatable bonds is 14. The van der Waals surface area contributed by atoms with Crippen molar-refractivity contribution in [1.82, 2.24) is 0 Å². The summed E-state index contributed by atoms with van der Waals surface area (Å²) >= 11 is 0. The van der Waals surface area contributed by atoms with E-state index in [0.717, 1.165) is 29.6 Å². The summed E-state index contributed by atoms with van der Waals surface area (Å²) in [6, 6.07) is 7.45. The molecule has 4 rings (SSSR count). The quantitative estimate of drug-likeness (QED) is 0.193. The van der Waals surface area contributed by atoms with E-state index < -0.39 is 0 Å². The fraction of sp³-hybridized carbons (Fsp3) is 0.857. The van der Waals surface area contributed by atoms with Crippen LogP contribution in [0.15, 0.2) is 18.2 Å². The zero-order chi connectivity index (χ0) is 31.0. The Labute approximate surface area is 265 Å². The highest BCUT2D eigenvalue weighted by molar-refractivity contribution is 5.38. The molecule has 2 saturated carbocycles. The maximum Gasteiger partial charge on any atom is -0.0125 e. The minimum atomic E-state index is 0.488. The zero-order valence-electron chi connectivity index (χ0n) is 30.3. The number of hydrogen-bond donors (Lipinski definition) is 0. The largest absolute Gasteiger partial charge is 0.0654 e. The molecule has 242 valence electrons. The van der Waals surface area contributed by atoms with Crippen LogP contribution in [0.2, 0.25) is 0 Å². The molecule has 0 radical (unpaired) electrons. The van der Waals surface area contributed by atoms with Gasteiger partial charge in [0.1, 0.15) is 0 Å². The van der Waals surface area contributed by atoms with Crippen molar-refractivity contribution < 1.29 is 0 Å². The molecule has 3 aliphatic rings. The summed E-state index contributed by atoms with van der Waals surface area (Å²) in [7, 11) is 0. The van der Waals surface area contributed by atoms with Crippen LogP contribution in [0.25, 0.3) is 0 Å². The summed E-state index contributed by atoms with van der Waals surface area (Å²) in [6.07, 6.45) is 25.7. The Bertz CT molecular complexity index is 920. The van der Waals surface area contributed by atoms with Gasteiger partial charge in [0.25, 0.3) is 0 Å². The molecule has 0 aliphatic heterocycles. The van der Waals surface area contributed by atoms with E-state index in [1.807, 2.05) is 0 Å². The summed E-state index contributed by atoms with van der Waals surface area (Å²) in [5, 5.41) is 0. The predicted octanol–water partition coefficient (Wildman–Crippen LogP) is 13.9. The third-order valence-corrected chi connectivity index (χ3v) is 13.8. The van der Waals surface area contributed by atoms with E-state index in [2.05, 4.69) is 87.4 Å². The van der Waals surface area contributed by atoms with Gasteiger partial charge in [-0.2, -0.15) is 0 Å². The molecule has 0 spiro atoms. The zero-order valence-corrected chi connectivity index (χ0v) is 30.3. The van der Waals surface area contributed by atoms with Crippen LogP contribution in [0.3, 0.4) is 0 Å². The first-order valence-electron chi connectivity index (χ1n) is 19.0. The number of aryl methyl sites for hydroxylation is 1. The third-order valence-electron chi connectivity index (χ3n) is 13.8.